The zero-order valence-electron chi connectivity index (χ0n) is 8.74. The summed E-state index contributed by atoms with van der Waals surface area (Å²) in [7, 11) is 0. The predicted octanol–water partition coefficient (Wildman–Crippen LogP) is 2.34. The van der Waals surface area contributed by atoms with Gasteiger partial charge in [0, 0.05) is 12.0 Å². The van der Waals surface area contributed by atoms with Gasteiger partial charge in [0.25, 0.3) is 0 Å². The van der Waals surface area contributed by atoms with Gasteiger partial charge >= 0.3 is 0 Å². The monoisotopic (exact) mass is 171 g/mol. The molecule has 0 aliphatic heterocycles. The number of rotatable bonds is 5. The van der Waals surface area contributed by atoms with Gasteiger partial charge in [-0.1, -0.05) is 20.8 Å². The van der Waals surface area contributed by atoms with Crippen LogP contribution in [0.3, 0.4) is 0 Å². The molecule has 0 aromatic heterocycles. The van der Waals surface area contributed by atoms with Crippen molar-refractivity contribution in [1.82, 2.24) is 5.32 Å². The highest BCUT2D eigenvalue weighted by Gasteiger charge is 2.31. The quantitative estimate of drug-likeness (QED) is 0.676. The predicted molar refractivity (Wildman–Crippen MR) is 52.0 cm³/mol. The standard InChI is InChI=1S/C10H21NO/c1-5-10(6-2,7-3)9(12)11-8-4/h5-8H2,1-4H3,(H,11,12). The Balaban J connectivity index is 4.36. The molecule has 72 valence electrons. The minimum absolute atomic E-state index is 0.115. The lowest BCUT2D eigenvalue weighted by atomic mass is 9.79. The first-order valence-corrected chi connectivity index (χ1v) is 4.95. The third kappa shape index (κ3) is 2.23. The first kappa shape index (κ1) is 11.5. The fourth-order valence-electron chi connectivity index (χ4n) is 1.58. The van der Waals surface area contributed by atoms with Gasteiger partial charge in [0.2, 0.25) is 5.91 Å². The van der Waals surface area contributed by atoms with Gasteiger partial charge in [-0.3, -0.25) is 4.79 Å². The normalized spacial score (nSPS) is 11.3. The van der Waals surface area contributed by atoms with E-state index >= 15 is 0 Å². The van der Waals surface area contributed by atoms with Gasteiger partial charge < -0.3 is 5.32 Å². The van der Waals surface area contributed by atoms with Crippen molar-refractivity contribution in [3.8, 4) is 0 Å². The Morgan fingerprint density at radius 3 is 1.75 bits per heavy atom. The van der Waals surface area contributed by atoms with Gasteiger partial charge in [-0.05, 0) is 26.2 Å². The van der Waals surface area contributed by atoms with Gasteiger partial charge in [0.15, 0.2) is 0 Å². The van der Waals surface area contributed by atoms with Crippen LogP contribution in [0.5, 0.6) is 0 Å². The first-order valence-electron chi connectivity index (χ1n) is 4.95. The van der Waals surface area contributed by atoms with Crippen molar-refractivity contribution in [2.75, 3.05) is 6.54 Å². The Labute approximate surface area is 75.7 Å². The first-order chi connectivity index (χ1) is 5.66. The molecule has 0 aliphatic rings. The molecule has 0 aromatic rings. The Hall–Kier alpha value is -0.530. The maximum atomic E-state index is 11.6. The van der Waals surface area contributed by atoms with E-state index in [9.17, 15) is 4.79 Å². The molecule has 0 rings (SSSR count). The molecule has 2 nitrogen and oxygen atoms in total. The van der Waals surface area contributed by atoms with E-state index in [1.807, 2.05) is 6.92 Å². The SMILES string of the molecule is CCNC(=O)C(CC)(CC)CC. The lowest BCUT2D eigenvalue weighted by Crippen LogP contribution is -2.39. The molecular weight excluding hydrogens is 150 g/mol. The van der Waals surface area contributed by atoms with Crippen LogP contribution >= 0.6 is 0 Å². The Morgan fingerprint density at radius 2 is 1.50 bits per heavy atom. The molecule has 0 unspecified atom stereocenters. The van der Waals surface area contributed by atoms with Crippen molar-refractivity contribution < 1.29 is 4.79 Å². The number of amides is 1. The van der Waals surface area contributed by atoms with E-state index in [1.165, 1.54) is 0 Å². The van der Waals surface area contributed by atoms with Gasteiger partial charge in [-0.25, -0.2) is 0 Å². The topological polar surface area (TPSA) is 29.1 Å². The molecule has 0 saturated carbocycles. The number of carbonyl (C=O) groups excluding carboxylic acids is 1. The summed E-state index contributed by atoms with van der Waals surface area (Å²) in [6, 6.07) is 0. The molecule has 0 saturated heterocycles. The second-order valence-corrected chi connectivity index (χ2v) is 3.20. The maximum absolute atomic E-state index is 11.6. The summed E-state index contributed by atoms with van der Waals surface area (Å²) in [6.07, 6.45) is 2.81. The molecule has 0 spiro atoms. The van der Waals surface area contributed by atoms with Gasteiger partial charge in [0.1, 0.15) is 0 Å². The summed E-state index contributed by atoms with van der Waals surface area (Å²) >= 11 is 0. The lowest BCUT2D eigenvalue weighted by Gasteiger charge is -2.28. The third-order valence-electron chi connectivity index (χ3n) is 2.85. The second-order valence-electron chi connectivity index (χ2n) is 3.20. The Kier molecular flexibility index (Phi) is 4.95. The van der Waals surface area contributed by atoms with E-state index < -0.39 is 0 Å². The summed E-state index contributed by atoms with van der Waals surface area (Å²) < 4.78 is 0. The zero-order valence-corrected chi connectivity index (χ0v) is 8.74. The minimum atomic E-state index is -0.115. The van der Waals surface area contributed by atoms with E-state index in [-0.39, 0.29) is 11.3 Å². The summed E-state index contributed by atoms with van der Waals surface area (Å²) in [4.78, 5) is 11.6. The minimum Gasteiger partial charge on any atom is -0.356 e. The van der Waals surface area contributed by atoms with Crippen LogP contribution in [0.2, 0.25) is 0 Å². The number of nitrogens with one attached hydrogen (secondary N) is 1. The van der Waals surface area contributed by atoms with Crippen molar-refractivity contribution in [3.05, 3.63) is 0 Å². The summed E-state index contributed by atoms with van der Waals surface area (Å²) in [5.41, 5.74) is -0.115. The second kappa shape index (κ2) is 5.18. The fraction of sp³-hybridized carbons (Fsp3) is 0.900. The van der Waals surface area contributed by atoms with E-state index in [0.29, 0.717) is 0 Å². The van der Waals surface area contributed by atoms with Gasteiger partial charge in [-0.15, -0.1) is 0 Å². The van der Waals surface area contributed by atoms with E-state index in [2.05, 4.69) is 26.1 Å². The zero-order chi connectivity index (χ0) is 9.61. The van der Waals surface area contributed by atoms with Crippen molar-refractivity contribution >= 4 is 5.91 Å². The van der Waals surface area contributed by atoms with E-state index in [1.54, 1.807) is 0 Å². The average Bonchev–Trinajstić information content (AvgIpc) is 2.09. The maximum Gasteiger partial charge on any atom is 0.226 e. The molecule has 0 aromatic carbocycles. The van der Waals surface area contributed by atoms with Gasteiger partial charge in [0.05, 0.1) is 0 Å². The van der Waals surface area contributed by atoms with Crippen LogP contribution < -0.4 is 5.32 Å². The Morgan fingerprint density at radius 1 is 1.08 bits per heavy atom. The average molecular weight is 171 g/mol. The summed E-state index contributed by atoms with van der Waals surface area (Å²) in [5, 5.41) is 2.90. The van der Waals surface area contributed by atoms with Crippen LogP contribution in [-0.2, 0) is 4.79 Å². The Bertz CT molecular complexity index is 131. The van der Waals surface area contributed by atoms with Crippen LogP contribution in [0.15, 0.2) is 0 Å². The van der Waals surface area contributed by atoms with Crippen LogP contribution in [0.4, 0.5) is 0 Å². The molecule has 0 fully saturated rings. The molecule has 0 atom stereocenters. The highest BCUT2D eigenvalue weighted by atomic mass is 16.2. The van der Waals surface area contributed by atoms with Crippen LogP contribution in [-0.4, -0.2) is 12.5 Å². The molecule has 12 heavy (non-hydrogen) atoms. The van der Waals surface area contributed by atoms with Gasteiger partial charge in [-0.2, -0.15) is 0 Å². The number of carbonyl (C=O) groups is 1. The summed E-state index contributed by atoms with van der Waals surface area (Å²) in [5.74, 6) is 0.220. The van der Waals surface area contributed by atoms with Crippen LogP contribution in [0.25, 0.3) is 0 Å². The van der Waals surface area contributed by atoms with Crippen LogP contribution in [0, 0.1) is 5.41 Å². The van der Waals surface area contributed by atoms with E-state index in [0.717, 1.165) is 25.8 Å². The van der Waals surface area contributed by atoms with Crippen LogP contribution in [0.1, 0.15) is 47.0 Å². The smallest absolute Gasteiger partial charge is 0.226 e. The molecule has 0 heterocycles. The number of hydrogen-bond donors (Lipinski definition) is 1. The molecule has 2 heteroatoms. The van der Waals surface area contributed by atoms with Crippen molar-refractivity contribution in [2.45, 2.75) is 47.0 Å². The van der Waals surface area contributed by atoms with Crippen molar-refractivity contribution in [3.63, 3.8) is 0 Å². The molecular formula is C10H21NO. The van der Waals surface area contributed by atoms with Crippen molar-refractivity contribution in [1.29, 1.82) is 0 Å². The third-order valence-corrected chi connectivity index (χ3v) is 2.85. The molecule has 1 N–H and O–H groups in total. The fourth-order valence-corrected chi connectivity index (χ4v) is 1.58. The van der Waals surface area contributed by atoms with Crippen molar-refractivity contribution in [2.24, 2.45) is 5.41 Å². The molecule has 1 amide bonds. The van der Waals surface area contributed by atoms with E-state index in [4.69, 9.17) is 0 Å². The molecule has 0 aliphatic carbocycles. The lowest BCUT2D eigenvalue weighted by molar-refractivity contribution is -0.131. The largest absolute Gasteiger partial charge is 0.356 e. The number of hydrogen-bond acceptors (Lipinski definition) is 1. The molecule has 0 bridgehead atoms. The molecule has 0 radical (unpaired) electrons. The highest BCUT2D eigenvalue weighted by Crippen LogP contribution is 2.30. The summed E-state index contributed by atoms with van der Waals surface area (Å²) in [6.45, 7) is 8.96. The highest BCUT2D eigenvalue weighted by molar-refractivity contribution is 5.82.